The number of aliphatic hydroxyl groups excluding tert-OH is 2. The Morgan fingerprint density at radius 2 is 0.950 bits per heavy atom. The SMILES string of the molecule is OC1CC2c3ccccc3C(O)CC2c2ccccc21. The molecule has 0 spiro atoms. The van der Waals surface area contributed by atoms with Crippen LogP contribution in [0.15, 0.2) is 48.5 Å². The maximum absolute atomic E-state index is 10.4. The van der Waals surface area contributed by atoms with Gasteiger partial charge in [0, 0.05) is 0 Å². The molecule has 0 bridgehead atoms. The predicted molar refractivity (Wildman–Crippen MR) is 77.5 cm³/mol. The van der Waals surface area contributed by atoms with Gasteiger partial charge in [0.2, 0.25) is 0 Å². The van der Waals surface area contributed by atoms with Crippen LogP contribution in [0.3, 0.4) is 0 Å². The van der Waals surface area contributed by atoms with E-state index in [1.54, 1.807) is 0 Å². The Labute approximate surface area is 118 Å². The fourth-order valence-electron chi connectivity index (χ4n) is 4.06. The highest BCUT2D eigenvalue weighted by Gasteiger charge is 2.40. The third kappa shape index (κ3) is 1.65. The van der Waals surface area contributed by atoms with Crippen molar-refractivity contribution >= 4 is 0 Å². The van der Waals surface area contributed by atoms with Crippen LogP contribution in [0.1, 0.15) is 59.1 Å². The minimum atomic E-state index is -0.393. The minimum Gasteiger partial charge on any atom is -0.388 e. The van der Waals surface area contributed by atoms with E-state index in [9.17, 15) is 10.2 Å². The summed E-state index contributed by atoms with van der Waals surface area (Å²) in [6, 6.07) is 16.3. The molecular formula is C18H18O2. The lowest BCUT2D eigenvalue weighted by atomic mass is 9.64. The fourth-order valence-corrected chi connectivity index (χ4v) is 4.06. The number of benzene rings is 2. The fraction of sp³-hybridized carbons (Fsp3) is 0.333. The van der Waals surface area contributed by atoms with Gasteiger partial charge in [-0.3, -0.25) is 0 Å². The molecule has 0 heterocycles. The average Bonchev–Trinajstić information content (AvgIpc) is 2.49. The van der Waals surface area contributed by atoms with Gasteiger partial charge in [0.15, 0.2) is 0 Å². The molecule has 4 rings (SSSR count). The molecule has 0 saturated heterocycles. The molecule has 0 fully saturated rings. The quantitative estimate of drug-likeness (QED) is 0.767. The molecule has 0 saturated carbocycles. The predicted octanol–water partition coefficient (Wildman–Crippen LogP) is 3.43. The number of fused-ring (bicyclic) bond motifs is 5. The molecule has 0 aliphatic heterocycles. The standard InChI is InChI=1S/C18H18O2/c19-17-10-16-12-6-2-4-8-14(12)18(20)9-15(16)11-5-1-3-7-13(11)17/h1-8,15-20H,9-10H2. The van der Waals surface area contributed by atoms with Crippen LogP contribution >= 0.6 is 0 Å². The molecule has 2 aromatic rings. The van der Waals surface area contributed by atoms with Gasteiger partial charge in [-0.05, 0) is 46.9 Å². The number of aliphatic hydroxyl groups is 2. The Balaban J connectivity index is 1.88. The zero-order valence-corrected chi connectivity index (χ0v) is 11.2. The second-order valence-corrected chi connectivity index (χ2v) is 5.97. The zero-order chi connectivity index (χ0) is 13.7. The maximum atomic E-state index is 10.4. The second kappa shape index (κ2) is 4.44. The number of rotatable bonds is 0. The number of hydrogen-bond acceptors (Lipinski definition) is 2. The summed E-state index contributed by atoms with van der Waals surface area (Å²) in [5.74, 6) is 0.638. The van der Waals surface area contributed by atoms with Crippen LogP contribution in [0.2, 0.25) is 0 Å². The van der Waals surface area contributed by atoms with Gasteiger partial charge >= 0.3 is 0 Å². The highest BCUT2D eigenvalue weighted by atomic mass is 16.3. The smallest absolute Gasteiger partial charge is 0.0798 e. The summed E-state index contributed by atoms with van der Waals surface area (Å²) < 4.78 is 0. The molecule has 102 valence electrons. The Hall–Kier alpha value is -1.64. The van der Waals surface area contributed by atoms with Crippen molar-refractivity contribution in [2.45, 2.75) is 36.9 Å². The lowest BCUT2D eigenvalue weighted by Gasteiger charge is -2.42. The van der Waals surface area contributed by atoms with E-state index < -0.39 is 12.2 Å². The first-order chi connectivity index (χ1) is 9.75. The Kier molecular flexibility index (Phi) is 2.69. The molecule has 4 atom stereocenters. The third-order valence-corrected chi connectivity index (χ3v) is 4.95. The summed E-state index contributed by atoms with van der Waals surface area (Å²) in [6.45, 7) is 0. The number of hydrogen-bond donors (Lipinski definition) is 2. The van der Waals surface area contributed by atoms with Crippen molar-refractivity contribution in [3.05, 3.63) is 70.8 Å². The van der Waals surface area contributed by atoms with Gasteiger partial charge in [-0.2, -0.15) is 0 Å². The van der Waals surface area contributed by atoms with Crippen molar-refractivity contribution < 1.29 is 10.2 Å². The summed E-state index contributed by atoms with van der Waals surface area (Å²) in [4.78, 5) is 0. The molecule has 0 radical (unpaired) electrons. The molecule has 0 aromatic heterocycles. The van der Waals surface area contributed by atoms with Crippen molar-refractivity contribution in [1.29, 1.82) is 0 Å². The Bertz CT molecular complexity index is 592. The van der Waals surface area contributed by atoms with Crippen molar-refractivity contribution in [2.24, 2.45) is 0 Å². The van der Waals surface area contributed by atoms with Crippen molar-refractivity contribution in [2.75, 3.05) is 0 Å². The van der Waals surface area contributed by atoms with Crippen molar-refractivity contribution in [3.63, 3.8) is 0 Å². The largest absolute Gasteiger partial charge is 0.388 e. The lowest BCUT2D eigenvalue weighted by Crippen LogP contribution is -2.28. The molecule has 20 heavy (non-hydrogen) atoms. The third-order valence-electron chi connectivity index (χ3n) is 4.95. The van der Waals surface area contributed by atoms with Gasteiger partial charge in [0.1, 0.15) is 0 Å². The van der Waals surface area contributed by atoms with E-state index in [4.69, 9.17) is 0 Å². The monoisotopic (exact) mass is 266 g/mol. The topological polar surface area (TPSA) is 40.5 Å². The van der Waals surface area contributed by atoms with E-state index >= 15 is 0 Å². The molecule has 2 nitrogen and oxygen atoms in total. The Morgan fingerprint density at radius 3 is 1.35 bits per heavy atom. The second-order valence-electron chi connectivity index (χ2n) is 5.97. The van der Waals surface area contributed by atoms with Crippen LogP contribution < -0.4 is 0 Å². The highest BCUT2D eigenvalue weighted by Crippen LogP contribution is 2.54. The minimum absolute atomic E-state index is 0.319. The van der Waals surface area contributed by atoms with E-state index in [-0.39, 0.29) is 0 Å². The van der Waals surface area contributed by atoms with Crippen molar-refractivity contribution in [1.82, 2.24) is 0 Å². The van der Waals surface area contributed by atoms with Crippen LogP contribution in [0.4, 0.5) is 0 Å². The van der Waals surface area contributed by atoms with Crippen LogP contribution in [-0.2, 0) is 0 Å². The zero-order valence-electron chi connectivity index (χ0n) is 11.2. The van der Waals surface area contributed by atoms with Crippen molar-refractivity contribution in [3.8, 4) is 0 Å². The van der Waals surface area contributed by atoms with E-state index in [1.165, 1.54) is 11.1 Å². The van der Waals surface area contributed by atoms with Crippen LogP contribution in [0.25, 0.3) is 0 Å². The summed E-state index contributed by atoms with van der Waals surface area (Å²) in [5.41, 5.74) is 4.51. The lowest BCUT2D eigenvalue weighted by molar-refractivity contribution is 0.101. The molecular weight excluding hydrogens is 248 g/mol. The molecule has 4 unspecified atom stereocenters. The van der Waals surface area contributed by atoms with E-state index in [0.717, 1.165) is 24.0 Å². The van der Waals surface area contributed by atoms with Crippen LogP contribution in [0.5, 0.6) is 0 Å². The molecule has 2 N–H and O–H groups in total. The normalized spacial score (nSPS) is 31.1. The van der Waals surface area contributed by atoms with Gasteiger partial charge in [-0.15, -0.1) is 0 Å². The summed E-state index contributed by atoms with van der Waals surface area (Å²) in [6.07, 6.45) is 0.725. The summed E-state index contributed by atoms with van der Waals surface area (Å²) >= 11 is 0. The maximum Gasteiger partial charge on any atom is 0.0798 e. The average molecular weight is 266 g/mol. The van der Waals surface area contributed by atoms with Gasteiger partial charge < -0.3 is 10.2 Å². The molecule has 2 aliphatic carbocycles. The molecule has 2 aromatic carbocycles. The highest BCUT2D eigenvalue weighted by molar-refractivity contribution is 5.44. The van der Waals surface area contributed by atoms with Gasteiger partial charge in [-0.25, -0.2) is 0 Å². The van der Waals surface area contributed by atoms with E-state index in [0.29, 0.717) is 11.8 Å². The Morgan fingerprint density at radius 1 is 0.600 bits per heavy atom. The molecule has 2 aliphatic rings. The van der Waals surface area contributed by atoms with Gasteiger partial charge in [-0.1, -0.05) is 48.5 Å². The van der Waals surface area contributed by atoms with E-state index in [2.05, 4.69) is 12.1 Å². The first kappa shape index (κ1) is 12.1. The molecule has 2 heteroatoms. The molecule has 0 amide bonds. The van der Waals surface area contributed by atoms with Gasteiger partial charge in [0.25, 0.3) is 0 Å². The summed E-state index contributed by atoms with van der Waals surface area (Å²) in [5, 5.41) is 20.9. The summed E-state index contributed by atoms with van der Waals surface area (Å²) in [7, 11) is 0. The van der Waals surface area contributed by atoms with Gasteiger partial charge in [0.05, 0.1) is 12.2 Å². The van der Waals surface area contributed by atoms with Crippen LogP contribution in [-0.4, -0.2) is 10.2 Å². The first-order valence-corrected chi connectivity index (χ1v) is 7.29. The van der Waals surface area contributed by atoms with Crippen LogP contribution in [0, 0.1) is 0 Å². The first-order valence-electron chi connectivity index (χ1n) is 7.29. The van der Waals surface area contributed by atoms with E-state index in [1.807, 2.05) is 36.4 Å².